The van der Waals surface area contributed by atoms with Crippen molar-refractivity contribution >= 4 is 23.2 Å². The molecule has 4 aromatic rings. The van der Waals surface area contributed by atoms with E-state index in [1.807, 2.05) is 56.3 Å². The number of fused-ring (bicyclic) bond motifs is 2. The molecule has 1 aliphatic heterocycles. The van der Waals surface area contributed by atoms with Gasteiger partial charge in [0, 0.05) is 29.4 Å². The van der Waals surface area contributed by atoms with Gasteiger partial charge in [-0.1, -0.05) is 35.9 Å². The second kappa shape index (κ2) is 8.16. The largest absolute Gasteiger partial charge is 0.454 e. The molecule has 1 aliphatic rings. The molecule has 0 saturated heterocycles. The molecule has 2 aromatic heterocycles. The van der Waals surface area contributed by atoms with E-state index < -0.39 is 0 Å². The molecule has 3 heterocycles. The molecule has 0 atom stereocenters. The van der Waals surface area contributed by atoms with Gasteiger partial charge < -0.3 is 14.8 Å². The van der Waals surface area contributed by atoms with Crippen LogP contribution in [0, 0.1) is 13.8 Å². The summed E-state index contributed by atoms with van der Waals surface area (Å²) >= 11 is 6.35. The molecular formula is C24H21ClN4O3. The van der Waals surface area contributed by atoms with Crippen LogP contribution in [0.4, 0.5) is 0 Å². The predicted octanol–water partition coefficient (Wildman–Crippen LogP) is 4.25. The van der Waals surface area contributed by atoms with Crippen LogP contribution >= 0.6 is 11.6 Å². The summed E-state index contributed by atoms with van der Waals surface area (Å²) in [5, 5.41) is 8.09. The Bertz CT molecular complexity index is 1350. The second-order valence-corrected chi connectivity index (χ2v) is 8.10. The lowest BCUT2D eigenvalue weighted by molar-refractivity contribution is 0.0952. The van der Waals surface area contributed by atoms with Crippen LogP contribution in [0.15, 0.2) is 48.7 Å². The average molecular weight is 449 g/mol. The van der Waals surface area contributed by atoms with Crippen LogP contribution < -0.4 is 14.8 Å². The van der Waals surface area contributed by atoms with Crippen LogP contribution in [0.25, 0.3) is 5.65 Å². The minimum Gasteiger partial charge on any atom is -0.454 e. The molecule has 2 aromatic carbocycles. The number of carbonyl (C=O) groups excluding carboxylic acids is 1. The van der Waals surface area contributed by atoms with Gasteiger partial charge in [-0.3, -0.25) is 4.79 Å². The third-order valence-corrected chi connectivity index (χ3v) is 6.04. The maximum absolute atomic E-state index is 12.9. The van der Waals surface area contributed by atoms with Crippen molar-refractivity contribution in [2.75, 3.05) is 6.79 Å². The number of ether oxygens (including phenoxy) is 2. The molecule has 1 N–H and O–H groups in total. The Balaban J connectivity index is 1.39. The Morgan fingerprint density at radius 1 is 1.16 bits per heavy atom. The summed E-state index contributed by atoms with van der Waals surface area (Å²) in [4.78, 5) is 17.6. The van der Waals surface area contributed by atoms with Crippen molar-refractivity contribution in [2.45, 2.75) is 26.8 Å². The van der Waals surface area contributed by atoms with Crippen LogP contribution in [0.2, 0.25) is 5.02 Å². The fourth-order valence-electron chi connectivity index (χ4n) is 3.89. The van der Waals surface area contributed by atoms with Crippen LogP contribution in [0.5, 0.6) is 11.5 Å². The van der Waals surface area contributed by atoms with Crippen LogP contribution in [-0.2, 0) is 13.0 Å². The van der Waals surface area contributed by atoms with Gasteiger partial charge in [-0.2, -0.15) is 5.10 Å². The highest BCUT2D eigenvalue weighted by Crippen LogP contribution is 2.32. The maximum Gasteiger partial charge on any atom is 0.257 e. The van der Waals surface area contributed by atoms with E-state index in [0.717, 1.165) is 33.1 Å². The first-order valence-corrected chi connectivity index (χ1v) is 10.6. The molecule has 1 amide bonds. The number of benzene rings is 2. The zero-order chi connectivity index (χ0) is 22.2. The highest BCUT2D eigenvalue weighted by molar-refractivity contribution is 6.31. The molecule has 7 nitrogen and oxygen atoms in total. The maximum atomic E-state index is 12.9. The number of carbonyl (C=O) groups is 1. The van der Waals surface area contributed by atoms with Crippen molar-refractivity contribution in [2.24, 2.45) is 0 Å². The van der Waals surface area contributed by atoms with E-state index in [1.54, 1.807) is 10.7 Å². The lowest BCUT2D eigenvalue weighted by Crippen LogP contribution is -2.23. The normalized spacial score (nSPS) is 12.3. The number of halogens is 1. The summed E-state index contributed by atoms with van der Waals surface area (Å²) in [6.45, 7) is 4.50. The zero-order valence-corrected chi connectivity index (χ0v) is 18.4. The highest BCUT2D eigenvalue weighted by atomic mass is 35.5. The van der Waals surface area contributed by atoms with Gasteiger partial charge in [0.15, 0.2) is 17.1 Å². The summed E-state index contributed by atoms with van der Waals surface area (Å²) in [5.41, 5.74) is 5.73. The SMILES string of the molecule is Cc1nc2c(C(=O)NCc3ccc4c(c3)OCO4)cnn2c(C)c1Cc1ccccc1Cl. The van der Waals surface area contributed by atoms with E-state index in [0.29, 0.717) is 35.7 Å². The summed E-state index contributed by atoms with van der Waals surface area (Å²) in [5.74, 6) is 1.17. The summed E-state index contributed by atoms with van der Waals surface area (Å²) < 4.78 is 12.4. The van der Waals surface area contributed by atoms with E-state index in [9.17, 15) is 4.79 Å². The van der Waals surface area contributed by atoms with Crippen molar-refractivity contribution in [1.82, 2.24) is 19.9 Å². The standard InChI is InChI=1S/C24H21ClN4O3/c1-14-18(10-17-5-3-4-6-20(17)25)15(2)29-23(28-14)19(12-27-29)24(30)26-11-16-7-8-21-22(9-16)32-13-31-21/h3-9,12H,10-11,13H2,1-2H3,(H,26,30). The zero-order valence-electron chi connectivity index (χ0n) is 17.7. The second-order valence-electron chi connectivity index (χ2n) is 7.69. The molecule has 0 unspecified atom stereocenters. The van der Waals surface area contributed by atoms with Crippen molar-refractivity contribution in [3.63, 3.8) is 0 Å². The Morgan fingerprint density at radius 3 is 2.81 bits per heavy atom. The molecule has 0 radical (unpaired) electrons. The quantitative estimate of drug-likeness (QED) is 0.494. The van der Waals surface area contributed by atoms with Gasteiger partial charge in [0.05, 0.1) is 6.20 Å². The summed E-state index contributed by atoms with van der Waals surface area (Å²) in [7, 11) is 0. The monoisotopic (exact) mass is 448 g/mol. The van der Waals surface area contributed by atoms with Crippen molar-refractivity contribution in [1.29, 1.82) is 0 Å². The highest BCUT2D eigenvalue weighted by Gasteiger charge is 2.19. The molecule has 162 valence electrons. The molecule has 0 aliphatic carbocycles. The lowest BCUT2D eigenvalue weighted by Gasteiger charge is -2.12. The molecule has 0 bridgehead atoms. The van der Waals surface area contributed by atoms with Crippen LogP contribution in [0.3, 0.4) is 0 Å². The van der Waals surface area contributed by atoms with Gasteiger partial charge in [0.25, 0.3) is 5.91 Å². The number of aryl methyl sites for hydroxylation is 2. The molecule has 0 saturated carbocycles. The van der Waals surface area contributed by atoms with E-state index >= 15 is 0 Å². The third kappa shape index (κ3) is 3.65. The Kier molecular flexibility index (Phi) is 5.19. The van der Waals surface area contributed by atoms with Gasteiger partial charge in [0.2, 0.25) is 6.79 Å². The van der Waals surface area contributed by atoms with E-state index in [-0.39, 0.29) is 12.7 Å². The predicted molar refractivity (Wildman–Crippen MR) is 120 cm³/mol. The van der Waals surface area contributed by atoms with Crippen LogP contribution in [-0.4, -0.2) is 27.3 Å². The number of nitrogens with zero attached hydrogens (tertiary/aromatic N) is 3. The molecule has 0 fully saturated rings. The first-order chi connectivity index (χ1) is 15.5. The van der Waals surface area contributed by atoms with E-state index in [4.69, 9.17) is 26.1 Å². The first-order valence-electron chi connectivity index (χ1n) is 10.2. The fourth-order valence-corrected chi connectivity index (χ4v) is 4.09. The average Bonchev–Trinajstić information content (AvgIpc) is 3.42. The van der Waals surface area contributed by atoms with E-state index in [2.05, 4.69) is 10.4 Å². The molecular weight excluding hydrogens is 428 g/mol. The van der Waals surface area contributed by atoms with Gasteiger partial charge in [-0.15, -0.1) is 0 Å². The van der Waals surface area contributed by atoms with Gasteiger partial charge in [-0.25, -0.2) is 9.50 Å². The summed E-state index contributed by atoms with van der Waals surface area (Å²) in [6, 6.07) is 13.4. The molecule has 8 heteroatoms. The topological polar surface area (TPSA) is 77.8 Å². The van der Waals surface area contributed by atoms with Crippen molar-refractivity contribution in [3.05, 3.63) is 87.3 Å². The number of hydrogen-bond acceptors (Lipinski definition) is 5. The minimum absolute atomic E-state index is 0.219. The minimum atomic E-state index is -0.233. The first kappa shape index (κ1) is 20.3. The number of amides is 1. The lowest BCUT2D eigenvalue weighted by atomic mass is 10.0. The van der Waals surface area contributed by atoms with Crippen LogP contribution in [0.1, 0.15) is 38.4 Å². The molecule has 32 heavy (non-hydrogen) atoms. The van der Waals surface area contributed by atoms with Crippen molar-refractivity contribution < 1.29 is 14.3 Å². The molecule has 5 rings (SSSR count). The third-order valence-electron chi connectivity index (χ3n) is 5.67. The Hall–Kier alpha value is -3.58. The number of hydrogen-bond donors (Lipinski definition) is 1. The van der Waals surface area contributed by atoms with Crippen molar-refractivity contribution in [3.8, 4) is 11.5 Å². The number of aromatic nitrogens is 3. The summed E-state index contributed by atoms with van der Waals surface area (Å²) in [6.07, 6.45) is 2.20. The number of nitrogens with one attached hydrogen (secondary N) is 1. The van der Waals surface area contributed by atoms with E-state index in [1.165, 1.54) is 0 Å². The Morgan fingerprint density at radius 2 is 1.97 bits per heavy atom. The Labute approximate surface area is 189 Å². The fraction of sp³-hybridized carbons (Fsp3) is 0.208. The molecule has 0 spiro atoms. The van der Waals surface area contributed by atoms with Gasteiger partial charge >= 0.3 is 0 Å². The van der Waals surface area contributed by atoms with Gasteiger partial charge in [0.1, 0.15) is 5.56 Å². The smallest absolute Gasteiger partial charge is 0.257 e. The van der Waals surface area contributed by atoms with Gasteiger partial charge in [-0.05, 0) is 48.7 Å². The number of rotatable bonds is 5.